The quantitative estimate of drug-likeness (QED) is 0.885. The van der Waals surface area contributed by atoms with Gasteiger partial charge in [-0.05, 0) is 37.6 Å². The summed E-state index contributed by atoms with van der Waals surface area (Å²) in [7, 11) is 2.05. The molecule has 5 heteroatoms. The maximum Gasteiger partial charge on any atom is 0.141 e. The number of rotatable bonds is 6. The molecule has 0 aliphatic rings. The molecule has 0 saturated heterocycles. The van der Waals surface area contributed by atoms with Gasteiger partial charge < -0.3 is 5.11 Å². The molecule has 0 fully saturated rings. The van der Waals surface area contributed by atoms with Gasteiger partial charge in [0.25, 0.3) is 0 Å². The Balaban J connectivity index is 1.96. The molecule has 0 aromatic carbocycles. The van der Waals surface area contributed by atoms with E-state index in [4.69, 9.17) is 0 Å². The van der Waals surface area contributed by atoms with E-state index in [0.717, 1.165) is 12.7 Å². The van der Waals surface area contributed by atoms with Gasteiger partial charge in [-0.25, -0.2) is 4.39 Å². The smallest absolute Gasteiger partial charge is 0.141 e. The fourth-order valence-electron chi connectivity index (χ4n) is 2.31. The molecule has 2 heterocycles. The Labute approximate surface area is 129 Å². The Hall–Kier alpha value is -1.30. The minimum atomic E-state index is -0.691. The summed E-state index contributed by atoms with van der Waals surface area (Å²) in [5, 5.41) is 12.4. The van der Waals surface area contributed by atoms with Gasteiger partial charge in [0.2, 0.25) is 0 Å². The molecule has 3 nitrogen and oxygen atoms in total. The van der Waals surface area contributed by atoms with Crippen molar-refractivity contribution >= 4 is 11.3 Å². The summed E-state index contributed by atoms with van der Waals surface area (Å²) in [4.78, 5) is 7.48. The van der Waals surface area contributed by atoms with Crippen LogP contribution in [-0.4, -0.2) is 28.6 Å². The Bertz CT molecular complexity index is 544. The van der Waals surface area contributed by atoms with E-state index in [1.807, 2.05) is 20.0 Å². The van der Waals surface area contributed by atoms with Gasteiger partial charge in [-0.1, -0.05) is 13.0 Å². The van der Waals surface area contributed by atoms with E-state index in [1.165, 1.54) is 10.9 Å². The fourth-order valence-corrected chi connectivity index (χ4v) is 3.16. The zero-order chi connectivity index (χ0) is 15.4. The number of aromatic nitrogens is 1. The van der Waals surface area contributed by atoms with Crippen LogP contribution in [0.25, 0.3) is 0 Å². The highest BCUT2D eigenvalue weighted by Crippen LogP contribution is 2.27. The third kappa shape index (κ3) is 4.09. The molecule has 0 spiro atoms. The van der Waals surface area contributed by atoms with Crippen LogP contribution in [0.15, 0.2) is 35.8 Å². The van der Waals surface area contributed by atoms with Gasteiger partial charge in [-0.3, -0.25) is 9.88 Å². The normalized spacial score (nSPS) is 15.9. The molecule has 1 N–H and O–H groups in total. The minimum Gasteiger partial charge on any atom is -0.386 e. The lowest BCUT2D eigenvalue weighted by atomic mass is 10.00. The first-order valence-electron chi connectivity index (χ1n) is 7.02. The fraction of sp³-hybridized carbons (Fsp3) is 0.438. The SMILES string of the molecule is CC(CN(C)C(C)c1cccs1)C(O)c1ccc(F)cn1. The highest BCUT2D eigenvalue weighted by molar-refractivity contribution is 7.10. The average Bonchev–Trinajstić information content (AvgIpc) is 3.00. The standard InChI is InChI=1S/C16H21FN2OS/c1-11(16(20)14-7-6-13(17)9-18-14)10-19(3)12(2)15-5-4-8-21-15/h4-9,11-12,16,20H,10H2,1-3H3. The third-order valence-corrected chi connectivity index (χ3v) is 4.83. The van der Waals surface area contributed by atoms with Gasteiger partial charge in [-0.2, -0.15) is 0 Å². The number of nitrogens with zero attached hydrogens (tertiary/aromatic N) is 2. The second-order valence-electron chi connectivity index (χ2n) is 5.45. The van der Waals surface area contributed by atoms with Crippen LogP contribution in [0.3, 0.4) is 0 Å². The Morgan fingerprint density at radius 1 is 1.33 bits per heavy atom. The lowest BCUT2D eigenvalue weighted by Gasteiger charge is -2.29. The van der Waals surface area contributed by atoms with Gasteiger partial charge in [0, 0.05) is 23.4 Å². The van der Waals surface area contributed by atoms with Gasteiger partial charge in [0.1, 0.15) is 5.82 Å². The van der Waals surface area contributed by atoms with E-state index in [1.54, 1.807) is 17.4 Å². The molecule has 2 aromatic heterocycles. The molecular formula is C16H21FN2OS. The number of pyridine rings is 1. The molecule has 2 rings (SSSR count). The molecule has 3 unspecified atom stereocenters. The molecule has 0 saturated carbocycles. The number of hydrogen-bond donors (Lipinski definition) is 1. The first-order chi connectivity index (χ1) is 9.99. The maximum atomic E-state index is 12.9. The zero-order valence-electron chi connectivity index (χ0n) is 12.5. The molecule has 0 aliphatic carbocycles. The van der Waals surface area contributed by atoms with E-state index in [9.17, 15) is 9.50 Å². The van der Waals surface area contributed by atoms with Crippen LogP contribution in [0.2, 0.25) is 0 Å². The second kappa shape index (κ2) is 7.11. The van der Waals surface area contributed by atoms with Crippen LogP contribution in [-0.2, 0) is 0 Å². The largest absolute Gasteiger partial charge is 0.386 e. The third-order valence-electron chi connectivity index (χ3n) is 3.78. The van der Waals surface area contributed by atoms with Crippen molar-refractivity contribution in [2.75, 3.05) is 13.6 Å². The van der Waals surface area contributed by atoms with E-state index >= 15 is 0 Å². The van der Waals surface area contributed by atoms with Crippen molar-refractivity contribution in [1.29, 1.82) is 0 Å². The summed E-state index contributed by atoms with van der Waals surface area (Å²) < 4.78 is 12.9. The van der Waals surface area contributed by atoms with Crippen LogP contribution in [0, 0.1) is 11.7 Å². The lowest BCUT2D eigenvalue weighted by Crippen LogP contribution is -2.30. The molecule has 0 radical (unpaired) electrons. The first kappa shape index (κ1) is 16.1. The topological polar surface area (TPSA) is 36.4 Å². The van der Waals surface area contributed by atoms with Crippen molar-refractivity contribution in [2.24, 2.45) is 5.92 Å². The van der Waals surface area contributed by atoms with Crippen LogP contribution < -0.4 is 0 Å². The summed E-state index contributed by atoms with van der Waals surface area (Å²) >= 11 is 1.73. The molecule has 2 aromatic rings. The molecule has 114 valence electrons. The van der Waals surface area contributed by atoms with E-state index in [-0.39, 0.29) is 11.7 Å². The van der Waals surface area contributed by atoms with Crippen molar-refractivity contribution in [3.05, 3.63) is 52.2 Å². The summed E-state index contributed by atoms with van der Waals surface area (Å²) in [6, 6.07) is 7.34. The minimum absolute atomic E-state index is 0.00961. The lowest BCUT2D eigenvalue weighted by molar-refractivity contribution is 0.0826. The average molecular weight is 308 g/mol. The molecular weight excluding hydrogens is 287 g/mol. The van der Waals surface area contributed by atoms with E-state index < -0.39 is 6.10 Å². The number of hydrogen-bond acceptors (Lipinski definition) is 4. The van der Waals surface area contributed by atoms with Gasteiger partial charge in [-0.15, -0.1) is 11.3 Å². The Morgan fingerprint density at radius 2 is 2.10 bits per heavy atom. The van der Waals surface area contributed by atoms with Crippen LogP contribution >= 0.6 is 11.3 Å². The van der Waals surface area contributed by atoms with Crippen molar-refractivity contribution in [1.82, 2.24) is 9.88 Å². The maximum absolute atomic E-state index is 12.9. The predicted octanol–water partition coefficient (Wildman–Crippen LogP) is 3.64. The van der Waals surface area contributed by atoms with E-state index in [2.05, 4.69) is 28.3 Å². The number of thiophene rings is 1. The number of halogens is 1. The van der Waals surface area contributed by atoms with Gasteiger partial charge in [0.15, 0.2) is 0 Å². The van der Waals surface area contributed by atoms with E-state index in [0.29, 0.717) is 11.7 Å². The first-order valence-corrected chi connectivity index (χ1v) is 7.90. The second-order valence-corrected chi connectivity index (χ2v) is 6.43. The van der Waals surface area contributed by atoms with Crippen molar-refractivity contribution < 1.29 is 9.50 Å². The summed E-state index contributed by atoms with van der Waals surface area (Å²) in [6.45, 7) is 4.87. The molecule has 21 heavy (non-hydrogen) atoms. The summed E-state index contributed by atoms with van der Waals surface area (Å²) in [5.74, 6) is -0.377. The number of aliphatic hydroxyl groups is 1. The Kier molecular flexibility index (Phi) is 5.45. The predicted molar refractivity (Wildman–Crippen MR) is 83.7 cm³/mol. The molecule has 0 amide bonds. The summed E-state index contributed by atoms with van der Waals surface area (Å²) in [6.07, 6.45) is 0.451. The Morgan fingerprint density at radius 3 is 2.67 bits per heavy atom. The molecule has 0 aliphatic heterocycles. The van der Waals surface area contributed by atoms with Crippen molar-refractivity contribution in [3.63, 3.8) is 0 Å². The highest BCUT2D eigenvalue weighted by Gasteiger charge is 2.22. The van der Waals surface area contributed by atoms with Crippen molar-refractivity contribution in [3.8, 4) is 0 Å². The zero-order valence-corrected chi connectivity index (χ0v) is 13.3. The van der Waals surface area contributed by atoms with Gasteiger partial charge >= 0.3 is 0 Å². The van der Waals surface area contributed by atoms with Crippen LogP contribution in [0.4, 0.5) is 4.39 Å². The highest BCUT2D eigenvalue weighted by atomic mass is 32.1. The van der Waals surface area contributed by atoms with Gasteiger partial charge in [0.05, 0.1) is 18.0 Å². The monoisotopic (exact) mass is 308 g/mol. The molecule has 0 bridgehead atoms. The number of aliphatic hydroxyl groups excluding tert-OH is 1. The molecule has 3 atom stereocenters. The summed E-state index contributed by atoms with van der Waals surface area (Å²) in [5.41, 5.74) is 0.515. The van der Waals surface area contributed by atoms with Crippen molar-refractivity contribution in [2.45, 2.75) is 26.0 Å². The van der Waals surface area contributed by atoms with Crippen LogP contribution in [0.1, 0.15) is 36.6 Å². The van der Waals surface area contributed by atoms with Crippen LogP contribution in [0.5, 0.6) is 0 Å².